The summed E-state index contributed by atoms with van der Waals surface area (Å²) in [7, 11) is 0. The van der Waals surface area contributed by atoms with Crippen molar-refractivity contribution in [3.63, 3.8) is 0 Å². The van der Waals surface area contributed by atoms with Gasteiger partial charge in [-0.15, -0.1) is 23.1 Å². The minimum absolute atomic E-state index is 0.0969. The second-order valence-electron chi connectivity index (χ2n) is 6.90. The summed E-state index contributed by atoms with van der Waals surface area (Å²) < 4.78 is 0.920. The molecule has 3 heterocycles. The summed E-state index contributed by atoms with van der Waals surface area (Å²) in [6.07, 6.45) is 2.17. The first kappa shape index (κ1) is 19.0. The summed E-state index contributed by atoms with van der Waals surface area (Å²) in [5.41, 5.74) is 0.724. The molecule has 1 aromatic heterocycles. The van der Waals surface area contributed by atoms with Crippen molar-refractivity contribution in [2.24, 2.45) is 0 Å². The Bertz CT molecular complexity index is 832. The maximum Gasteiger partial charge on any atom is 0.255 e. The third-order valence-corrected chi connectivity index (χ3v) is 8.22. The number of carbonyl (C=O) groups is 2. The van der Waals surface area contributed by atoms with E-state index in [-0.39, 0.29) is 16.7 Å². The molecule has 1 spiro atoms. The molecule has 4 nitrogen and oxygen atoms in total. The van der Waals surface area contributed by atoms with Crippen LogP contribution < -0.4 is 0 Å². The van der Waals surface area contributed by atoms with Crippen LogP contribution in [0.15, 0.2) is 46.3 Å². The lowest BCUT2D eigenvalue weighted by Gasteiger charge is -2.44. The van der Waals surface area contributed by atoms with Gasteiger partial charge in [0.05, 0.1) is 11.3 Å². The molecule has 2 aliphatic heterocycles. The van der Waals surface area contributed by atoms with Gasteiger partial charge in [0, 0.05) is 40.3 Å². The summed E-state index contributed by atoms with van der Waals surface area (Å²) in [5, 5.41) is 2.01. The number of amides is 2. The third kappa shape index (κ3) is 3.96. The molecule has 4 rings (SSSR count). The smallest absolute Gasteiger partial charge is 0.255 e. The summed E-state index contributed by atoms with van der Waals surface area (Å²) in [5.74, 6) is 1.25. The molecule has 0 atom stereocenters. The lowest BCUT2D eigenvalue weighted by Crippen LogP contribution is -2.53. The SMILES string of the molecule is O=C(Cc1cccs1)N1CCC2(CC1)SCCN2C(=O)c1cccc(Br)c1. The van der Waals surface area contributed by atoms with Gasteiger partial charge in [-0.05, 0) is 42.5 Å². The van der Waals surface area contributed by atoms with Crippen molar-refractivity contribution in [2.75, 3.05) is 25.4 Å². The molecule has 0 N–H and O–H groups in total. The predicted molar refractivity (Wildman–Crippen MR) is 114 cm³/mol. The van der Waals surface area contributed by atoms with E-state index in [1.54, 1.807) is 11.3 Å². The molecule has 2 saturated heterocycles. The van der Waals surface area contributed by atoms with E-state index in [0.717, 1.165) is 53.1 Å². The minimum Gasteiger partial charge on any atom is -0.342 e. The Labute approximate surface area is 176 Å². The number of benzene rings is 1. The van der Waals surface area contributed by atoms with Crippen molar-refractivity contribution < 1.29 is 9.59 Å². The number of likely N-dealkylation sites (tertiary alicyclic amines) is 1. The monoisotopic (exact) mass is 464 g/mol. The molecular weight excluding hydrogens is 444 g/mol. The summed E-state index contributed by atoms with van der Waals surface area (Å²) >= 11 is 6.96. The Kier molecular flexibility index (Phi) is 5.62. The highest BCUT2D eigenvalue weighted by molar-refractivity contribution is 9.10. The number of nitrogens with zero attached hydrogens (tertiary/aromatic N) is 2. The lowest BCUT2D eigenvalue weighted by atomic mass is 10.0. The molecule has 142 valence electrons. The second-order valence-corrected chi connectivity index (χ2v) is 10.3. The number of halogens is 1. The molecule has 0 bridgehead atoms. The zero-order valence-electron chi connectivity index (χ0n) is 14.9. The van der Waals surface area contributed by atoms with Crippen LogP contribution >= 0.6 is 39.0 Å². The van der Waals surface area contributed by atoms with Gasteiger partial charge in [0.25, 0.3) is 5.91 Å². The molecular formula is C20H21BrN2O2S2. The van der Waals surface area contributed by atoms with E-state index in [9.17, 15) is 9.59 Å². The van der Waals surface area contributed by atoms with Crippen molar-refractivity contribution in [3.8, 4) is 0 Å². The van der Waals surface area contributed by atoms with Crippen LogP contribution in [-0.4, -0.2) is 51.9 Å². The molecule has 7 heteroatoms. The van der Waals surface area contributed by atoms with Gasteiger partial charge in [0.1, 0.15) is 0 Å². The van der Waals surface area contributed by atoms with Crippen LogP contribution in [0.25, 0.3) is 0 Å². The van der Waals surface area contributed by atoms with Crippen molar-refractivity contribution in [1.82, 2.24) is 9.80 Å². The number of thiophene rings is 1. The predicted octanol–water partition coefficient (Wildman–Crippen LogP) is 4.26. The highest BCUT2D eigenvalue weighted by atomic mass is 79.9. The van der Waals surface area contributed by atoms with Crippen LogP contribution in [0.4, 0.5) is 0 Å². The first-order valence-corrected chi connectivity index (χ1v) is 11.7. The third-order valence-electron chi connectivity index (χ3n) is 5.30. The fraction of sp³-hybridized carbons (Fsp3) is 0.400. The molecule has 0 saturated carbocycles. The highest BCUT2D eigenvalue weighted by Crippen LogP contribution is 2.44. The number of piperidine rings is 1. The number of rotatable bonds is 3. The minimum atomic E-state index is -0.168. The van der Waals surface area contributed by atoms with Crippen LogP contribution in [-0.2, 0) is 11.2 Å². The summed E-state index contributed by atoms with van der Waals surface area (Å²) in [6.45, 7) is 2.22. The Morgan fingerprint density at radius 2 is 1.93 bits per heavy atom. The van der Waals surface area contributed by atoms with E-state index in [1.807, 2.05) is 63.3 Å². The molecule has 27 heavy (non-hydrogen) atoms. The standard InChI is InChI=1S/C20H21BrN2O2S2/c21-16-4-1-3-15(13-16)19(25)23-10-12-27-20(23)6-8-22(9-7-20)18(24)14-17-5-2-11-26-17/h1-5,11,13H,6-10,12,14H2. The Morgan fingerprint density at radius 3 is 2.63 bits per heavy atom. The van der Waals surface area contributed by atoms with E-state index < -0.39 is 0 Å². The first-order chi connectivity index (χ1) is 13.1. The highest BCUT2D eigenvalue weighted by Gasteiger charge is 2.47. The van der Waals surface area contributed by atoms with E-state index in [0.29, 0.717) is 6.42 Å². The first-order valence-electron chi connectivity index (χ1n) is 9.09. The molecule has 1 aromatic carbocycles. The molecule has 2 fully saturated rings. The lowest BCUT2D eigenvalue weighted by molar-refractivity contribution is -0.132. The van der Waals surface area contributed by atoms with Crippen LogP contribution in [0.1, 0.15) is 28.1 Å². The molecule has 2 amide bonds. The van der Waals surface area contributed by atoms with E-state index in [4.69, 9.17) is 0 Å². The number of thioether (sulfide) groups is 1. The number of hydrogen-bond donors (Lipinski definition) is 0. The van der Waals surface area contributed by atoms with Crippen LogP contribution in [0.2, 0.25) is 0 Å². The van der Waals surface area contributed by atoms with Gasteiger partial charge in [-0.25, -0.2) is 0 Å². The Balaban J connectivity index is 1.43. The van der Waals surface area contributed by atoms with Crippen molar-refractivity contribution in [1.29, 1.82) is 0 Å². The van der Waals surface area contributed by atoms with Gasteiger partial charge in [0.2, 0.25) is 5.91 Å². The Morgan fingerprint density at radius 1 is 1.11 bits per heavy atom. The molecule has 0 unspecified atom stereocenters. The van der Waals surface area contributed by atoms with Gasteiger partial charge in [-0.3, -0.25) is 9.59 Å². The average molecular weight is 465 g/mol. The Hall–Kier alpha value is -1.31. The quantitative estimate of drug-likeness (QED) is 0.680. The summed E-state index contributed by atoms with van der Waals surface area (Å²) in [6, 6.07) is 11.6. The van der Waals surface area contributed by atoms with Crippen LogP contribution in [0.3, 0.4) is 0 Å². The van der Waals surface area contributed by atoms with Crippen molar-refractivity contribution in [2.45, 2.75) is 24.1 Å². The maximum atomic E-state index is 13.1. The zero-order chi connectivity index (χ0) is 18.9. The molecule has 0 radical (unpaired) electrons. The van der Waals surface area contributed by atoms with Crippen molar-refractivity contribution >= 4 is 50.8 Å². The molecule has 2 aromatic rings. The van der Waals surface area contributed by atoms with Crippen LogP contribution in [0, 0.1) is 0 Å². The summed E-state index contributed by atoms with van der Waals surface area (Å²) in [4.78, 5) is 30.6. The van der Waals surface area contributed by atoms with Gasteiger partial charge < -0.3 is 9.80 Å². The average Bonchev–Trinajstić information content (AvgIpc) is 3.32. The van der Waals surface area contributed by atoms with E-state index in [2.05, 4.69) is 15.9 Å². The second kappa shape index (κ2) is 7.97. The normalized spacial score (nSPS) is 18.9. The zero-order valence-corrected chi connectivity index (χ0v) is 18.1. The molecule has 0 aliphatic carbocycles. The maximum absolute atomic E-state index is 13.1. The largest absolute Gasteiger partial charge is 0.342 e. The fourth-order valence-electron chi connectivity index (χ4n) is 3.87. The topological polar surface area (TPSA) is 40.6 Å². The van der Waals surface area contributed by atoms with Gasteiger partial charge >= 0.3 is 0 Å². The van der Waals surface area contributed by atoms with Gasteiger partial charge in [-0.1, -0.05) is 28.1 Å². The van der Waals surface area contributed by atoms with Gasteiger partial charge in [0.15, 0.2) is 0 Å². The number of carbonyl (C=O) groups excluding carboxylic acids is 2. The number of hydrogen-bond acceptors (Lipinski definition) is 4. The fourth-order valence-corrected chi connectivity index (χ4v) is 6.42. The van der Waals surface area contributed by atoms with Crippen LogP contribution in [0.5, 0.6) is 0 Å². The van der Waals surface area contributed by atoms with Crippen molar-refractivity contribution in [3.05, 3.63) is 56.7 Å². The van der Waals surface area contributed by atoms with E-state index >= 15 is 0 Å². The van der Waals surface area contributed by atoms with Gasteiger partial charge in [-0.2, -0.15) is 0 Å². The molecule has 2 aliphatic rings. The van der Waals surface area contributed by atoms with E-state index in [1.165, 1.54) is 0 Å².